The average molecular weight is 469 g/mol. The fourth-order valence-electron chi connectivity index (χ4n) is 3.25. The van der Waals surface area contributed by atoms with Crippen molar-refractivity contribution in [2.75, 3.05) is 26.1 Å². The van der Waals surface area contributed by atoms with E-state index < -0.39 is 5.97 Å². The molecular weight excluding hydrogens is 448 g/mol. The van der Waals surface area contributed by atoms with Crippen LogP contribution >= 0.6 is 11.6 Å². The lowest BCUT2D eigenvalue weighted by Crippen LogP contribution is -2.12. The summed E-state index contributed by atoms with van der Waals surface area (Å²) in [4.78, 5) is 20.9. The lowest BCUT2D eigenvalue weighted by molar-refractivity contribution is 0.0512. The molecular formula is C23H21ClN4O5. The summed E-state index contributed by atoms with van der Waals surface area (Å²) < 4.78 is 21.2. The first-order valence-electron chi connectivity index (χ1n) is 10.1. The normalized spacial score (nSPS) is 10.8. The summed E-state index contributed by atoms with van der Waals surface area (Å²) in [6, 6.07) is 12.6. The second kappa shape index (κ2) is 9.74. The predicted octanol–water partition coefficient (Wildman–Crippen LogP) is 4.74. The van der Waals surface area contributed by atoms with Gasteiger partial charge in [0.15, 0.2) is 0 Å². The number of fused-ring (bicyclic) bond motifs is 1. The standard InChI is InChI=1S/C23H21ClN4O5/c1-4-32-23(29)21-26-20(25-12-14-7-10-16(30-2)11-17(14)31-3)18-19(28-33-22(18)27-21)13-5-8-15(24)9-6-13/h5-11H,4,12H2,1-3H3,(H,25,26,27). The average Bonchev–Trinajstić information content (AvgIpc) is 3.27. The van der Waals surface area contributed by atoms with Crippen molar-refractivity contribution in [1.29, 1.82) is 0 Å². The molecule has 2 heterocycles. The number of methoxy groups -OCH3 is 2. The van der Waals surface area contributed by atoms with Crippen LogP contribution in [-0.4, -0.2) is 41.9 Å². The second-order valence-corrected chi connectivity index (χ2v) is 7.30. The molecule has 0 spiro atoms. The number of aromatic nitrogens is 3. The maximum absolute atomic E-state index is 12.3. The van der Waals surface area contributed by atoms with Gasteiger partial charge >= 0.3 is 5.97 Å². The molecule has 10 heteroatoms. The van der Waals surface area contributed by atoms with Crippen molar-refractivity contribution in [2.24, 2.45) is 0 Å². The molecule has 0 radical (unpaired) electrons. The fraction of sp³-hybridized carbons (Fsp3) is 0.217. The monoisotopic (exact) mass is 468 g/mol. The molecule has 9 nitrogen and oxygen atoms in total. The Bertz CT molecular complexity index is 1290. The van der Waals surface area contributed by atoms with Crippen molar-refractivity contribution in [2.45, 2.75) is 13.5 Å². The third-order valence-electron chi connectivity index (χ3n) is 4.85. The number of carbonyl (C=O) groups excluding carboxylic acids is 1. The van der Waals surface area contributed by atoms with Gasteiger partial charge in [-0.3, -0.25) is 0 Å². The minimum atomic E-state index is -0.658. The molecule has 0 saturated carbocycles. The summed E-state index contributed by atoms with van der Waals surface area (Å²) >= 11 is 6.02. The molecule has 170 valence electrons. The van der Waals surface area contributed by atoms with Gasteiger partial charge in [-0.15, -0.1) is 0 Å². The van der Waals surface area contributed by atoms with E-state index in [0.29, 0.717) is 40.0 Å². The van der Waals surface area contributed by atoms with E-state index in [9.17, 15) is 4.79 Å². The molecule has 0 fully saturated rings. The van der Waals surface area contributed by atoms with Gasteiger partial charge in [-0.2, -0.15) is 4.98 Å². The van der Waals surface area contributed by atoms with Crippen LogP contribution < -0.4 is 14.8 Å². The Morgan fingerprint density at radius 1 is 1.09 bits per heavy atom. The molecule has 4 rings (SSSR count). The van der Waals surface area contributed by atoms with Gasteiger partial charge in [-0.1, -0.05) is 28.9 Å². The Morgan fingerprint density at radius 2 is 1.88 bits per heavy atom. The minimum absolute atomic E-state index is 0.132. The van der Waals surface area contributed by atoms with Crippen LogP contribution in [-0.2, 0) is 11.3 Å². The molecule has 0 atom stereocenters. The number of rotatable bonds is 8. The van der Waals surface area contributed by atoms with Crippen LogP contribution in [0.25, 0.3) is 22.4 Å². The third-order valence-corrected chi connectivity index (χ3v) is 5.10. The minimum Gasteiger partial charge on any atom is -0.497 e. The van der Waals surface area contributed by atoms with Gasteiger partial charge in [0, 0.05) is 28.8 Å². The zero-order chi connectivity index (χ0) is 23.4. The van der Waals surface area contributed by atoms with Gasteiger partial charge in [0.2, 0.25) is 5.82 Å². The number of hydrogen-bond donors (Lipinski definition) is 1. The number of halogens is 1. The molecule has 0 saturated heterocycles. The topological polar surface area (TPSA) is 109 Å². The lowest BCUT2D eigenvalue weighted by Gasteiger charge is -2.13. The fourth-order valence-corrected chi connectivity index (χ4v) is 3.38. The molecule has 0 bridgehead atoms. The Labute approximate surface area is 194 Å². The number of benzene rings is 2. The number of ether oxygens (including phenoxy) is 3. The third kappa shape index (κ3) is 4.68. The largest absolute Gasteiger partial charge is 0.497 e. The van der Waals surface area contributed by atoms with Crippen LogP contribution in [0.3, 0.4) is 0 Å². The van der Waals surface area contributed by atoms with E-state index in [2.05, 4.69) is 20.4 Å². The van der Waals surface area contributed by atoms with Crippen molar-refractivity contribution >= 4 is 34.5 Å². The molecule has 0 aliphatic heterocycles. The zero-order valence-corrected chi connectivity index (χ0v) is 19.0. The SMILES string of the molecule is CCOC(=O)c1nc(NCc2ccc(OC)cc2OC)c2c(-c3ccc(Cl)cc3)noc2n1. The number of hydrogen-bond acceptors (Lipinski definition) is 9. The summed E-state index contributed by atoms with van der Waals surface area (Å²) in [7, 11) is 3.17. The number of nitrogens with one attached hydrogen (secondary N) is 1. The maximum atomic E-state index is 12.3. The molecule has 2 aromatic carbocycles. The van der Waals surface area contributed by atoms with E-state index in [4.69, 9.17) is 30.3 Å². The van der Waals surface area contributed by atoms with Gasteiger partial charge < -0.3 is 24.1 Å². The molecule has 0 unspecified atom stereocenters. The zero-order valence-electron chi connectivity index (χ0n) is 18.2. The predicted molar refractivity (Wildman–Crippen MR) is 123 cm³/mol. The van der Waals surface area contributed by atoms with Crippen LogP contribution in [0.4, 0.5) is 5.82 Å². The summed E-state index contributed by atoms with van der Waals surface area (Å²) in [5.74, 6) is 0.892. The van der Waals surface area contributed by atoms with Crippen LogP contribution in [0, 0.1) is 0 Å². The van der Waals surface area contributed by atoms with Crippen molar-refractivity contribution in [3.63, 3.8) is 0 Å². The molecule has 0 aliphatic rings. The Hall–Kier alpha value is -3.85. The molecule has 1 N–H and O–H groups in total. The van der Waals surface area contributed by atoms with Crippen LogP contribution in [0.5, 0.6) is 11.5 Å². The summed E-state index contributed by atoms with van der Waals surface area (Å²) in [6.45, 7) is 2.24. The Kier molecular flexibility index (Phi) is 6.60. The van der Waals surface area contributed by atoms with Crippen LogP contribution in [0.1, 0.15) is 23.1 Å². The number of nitrogens with zero attached hydrogens (tertiary/aromatic N) is 3. The lowest BCUT2D eigenvalue weighted by atomic mass is 10.1. The van der Waals surface area contributed by atoms with Crippen LogP contribution in [0.2, 0.25) is 5.02 Å². The second-order valence-electron chi connectivity index (χ2n) is 6.87. The highest BCUT2D eigenvalue weighted by molar-refractivity contribution is 6.30. The smallest absolute Gasteiger partial charge is 0.376 e. The van der Waals surface area contributed by atoms with Crippen LogP contribution in [0.15, 0.2) is 47.0 Å². The Morgan fingerprint density at radius 3 is 2.58 bits per heavy atom. The highest BCUT2D eigenvalue weighted by atomic mass is 35.5. The molecule has 33 heavy (non-hydrogen) atoms. The number of anilines is 1. The number of carbonyl (C=O) groups is 1. The van der Waals surface area contributed by atoms with E-state index in [1.165, 1.54) is 0 Å². The molecule has 0 amide bonds. The van der Waals surface area contributed by atoms with Gasteiger partial charge in [0.1, 0.15) is 28.4 Å². The van der Waals surface area contributed by atoms with E-state index in [-0.39, 0.29) is 18.1 Å². The van der Waals surface area contributed by atoms with Crippen molar-refractivity contribution < 1.29 is 23.5 Å². The maximum Gasteiger partial charge on any atom is 0.376 e. The molecule has 0 aliphatic carbocycles. The van der Waals surface area contributed by atoms with Gasteiger partial charge in [0.05, 0.1) is 20.8 Å². The quantitative estimate of drug-likeness (QED) is 0.366. The molecule has 4 aromatic rings. The van der Waals surface area contributed by atoms with Crippen molar-refractivity contribution in [1.82, 2.24) is 15.1 Å². The Balaban J connectivity index is 1.77. The van der Waals surface area contributed by atoms with Crippen molar-refractivity contribution in [3.8, 4) is 22.8 Å². The number of esters is 1. The van der Waals surface area contributed by atoms with Gasteiger partial charge in [0.25, 0.3) is 5.71 Å². The van der Waals surface area contributed by atoms with E-state index >= 15 is 0 Å². The highest BCUT2D eigenvalue weighted by Crippen LogP contribution is 2.33. The van der Waals surface area contributed by atoms with E-state index in [1.807, 2.05) is 24.3 Å². The van der Waals surface area contributed by atoms with E-state index in [1.54, 1.807) is 39.3 Å². The van der Waals surface area contributed by atoms with Gasteiger partial charge in [-0.05, 0) is 31.2 Å². The first kappa shape index (κ1) is 22.3. The van der Waals surface area contributed by atoms with Gasteiger partial charge in [-0.25, -0.2) is 9.78 Å². The highest BCUT2D eigenvalue weighted by Gasteiger charge is 2.22. The van der Waals surface area contributed by atoms with Crippen molar-refractivity contribution in [3.05, 3.63) is 58.9 Å². The first-order valence-corrected chi connectivity index (χ1v) is 10.5. The summed E-state index contributed by atoms with van der Waals surface area (Å²) in [5.41, 5.74) is 2.28. The molecule has 2 aromatic heterocycles. The summed E-state index contributed by atoms with van der Waals surface area (Å²) in [5, 5.41) is 8.54. The van der Waals surface area contributed by atoms with E-state index in [0.717, 1.165) is 11.1 Å². The first-order chi connectivity index (χ1) is 16.0. The summed E-state index contributed by atoms with van der Waals surface area (Å²) in [6.07, 6.45) is 0.